The van der Waals surface area contributed by atoms with Crippen LogP contribution in [0.3, 0.4) is 0 Å². The number of para-hydroxylation sites is 1. The molecule has 10 N–H and O–H groups in total. The number of nitrogens with zero attached hydrogens (tertiary/aromatic N) is 16. The van der Waals surface area contributed by atoms with Crippen molar-refractivity contribution in [1.29, 1.82) is 0 Å². The van der Waals surface area contributed by atoms with Crippen LogP contribution in [0.5, 0.6) is 0 Å². The zero-order valence-corrected chi connectivity index (χ0v) is 53.3. The van der Waals surface area contributed by atoms with Crippen molar-refractivity contribution >= 4 is 132 Å². The molecule has 0 saturated heterocycles. The summed E-state index contributed by atoms with van der Waals surface area (Å²) in [5.74, 6) is 1.40. The predicted octanol–water partition coefficient (Wildman–Crippen LogP) is 11.2. The number of nitrogens with two attached hydrogens (primary N) is 1. The lowest BCUT2D eigenvalue weighted by Crippen LogP contribution is -2.20. The number of hydrogen-bond acceptors (Lipinski definition) is 17. The number of amides is 1. The van der Waals surface area contributed by atoms with Crippen LogP contribution < -0.4 is 11.1 Å². The third-order valence-corrected chi connectivity index (χ3v) is 13.9. The van der Waals surface area contributed by atoms with Gasteiger partial charge in [0.05, 0.1) is 18.6 Å². The molecule has 35 heteroatoms. The van der Waals surface area contributed by atoms with Gasteiger partial charge in [0.1, 0.15) is 24.1 Å². The summed E-state index contributed by atoms with van der Waals surface area (Å²) in [7, 11) is 3.55. The largest absolute Gasteiger partial charge is 0.368 e. The van der Waals surface area contributed by atoms with Gasteiger partial charge >= 0.3 is 0 Å². The summed E-state index contributed by atoms with van der Waals surface area (Å²) in [6.45, 7) is 13.2. The Kier molecular flexibility index (Phi) is 25.9. The SMILES string of the molecule is CC(=O)Nc1n[nH]c(=S)n1C.CC(C)(C)n1cn[nH]c1=S.CC(C)n1cn[nH]c1=S.Cn1c(Cn2cnc(Cl)c2Cl)n[nH]c1=S.Nc1n[nH]c(=S)n1-c1ccccc1.S=c1[nH]nc2ccccn12.S=c1[nH]ncn1CCCc1ccccc1. The van der Waals surface area contributed by atoms with Crippen LogP contribution >= 0.6 is 109 Å². The van der Waals surface area contributed by atoms with Gasteiger partial charge in [0.15, 0.2) is 45.3 Å². The number of aryl methyl sites for hydroxylation is 2. The standard InChI is InChI=1S/C11H13N3S.C8H8N4S.C7H7Cl2N5S.C6H5N3S.C6H11N3S.C5H8N4OS.C5H9N3S/c15-11-13-12-9-14(11)8-4-7-10-5-2-1-3-6-10;9-7-10-11-8(13)12(7)6-4-2-1-3-5-6;1-13-4(11-12-7(13)15)2-14-3-10-5(8)6(14)9;10-6-8-7-5-3-1-2-4-9(5)6;1-6(2,3)9-4-7-8-5(9)10;1-3(10)6-4-7-8-5(11)9(4)2;1-4(2)8-3-6-7-5(8)9/h1-3,5-6,9H,4,7-8H2,(H,13,15);1-5H,(H2,9,10)(H,11,13);3H,2H2,1H3,(H,12,15);1-4H,(H,8,10);4H,1-3H3,(H,8,10);1-2H3,(H,8,11)(H,6,7,10);3-4H,1-2H3,(H,7,9). The Bertz CT molecular complexity index is 4170. The topological polar surface area (TPSA) is 308 Å². The number of hydrogen-bond donors (Lipinski definition) is 9. The molecule has 26 nitrogen and oxygen atoms in total. The minimum Gasteiger partial charge on any atom is -0.368 e. The maximum atomic E-state index is 10.6. The molecule has 11 rings (SSSR count). The van der Waals surface area contributed by atoms with Crippen molar-refractivity contribution in [2.45, 2.75) is 79.1 Å². The van der Waals surface area contributed by atoms with Crippen LogP contribution in [-0.2, 0) is 43.9 Å². The maximum absolute atomic E-state index is 10.6. The Balaban J connectivity index is 0.000000179. The first-order valence-electron chi connectivity index (χ1n) is 24.7. The quantitative estimate of drug-likeness (QED) is 0.0607. The zero-order chi connectivity index (χ0) is 60.8. The second kappa shape index (κ2) is 32.4. The number of aromatic nitrogens is 23. The molecule has 0 bridgehead atoms. The highest BCUT2D eigenvalue weighted by Crippen LogP contribution is 2.20. The number of pyridine rings is 1. The van der Waals surface area contributed by atoms with Gasteiger partial charge in [-0.05, 0) is 163 Å². The maximum Gasteiger partial charge on any atom is 0.229 e. The summed E-state index contributed by atoms with van der Waals surface area (Å²) >= 11 is 46.3. The predicted molar refractivity (Wildman–Crippen MR) is 338 cm³/mol. The summed E-state index contributed by atoms with van der Waals surface area (Å²) < 4.78 is 18.5. The fourth-order valence-electron chi connectivity index (χ4n) is 6.61. The van der Waals surface area contributed by atoms with Crippen molar-refractivity contribution in [2.24, 2.45) is 14.1 Å². The average molecular weight is 1300 g/mol. The van der Waals surface area contributed by atoms with E-state index in [0.717, 1.165) is 36.5 Å². The number of benzene rings is 2. The van der Waals surface area contributed by atoms with Crippen LogP contribution in [0, 0.1) is 33.4 Å². The number of aromatic amines is 7. The number of rotatable bonds is 9. The van der Waals surface area contributed by atoms with Gasteiger partial charge in [0, 0.05) is 45.3 Å². The van der Waals surface area contributed by atoms with E-state index in [-0.39, 0.29) is 16.6 Å². The fourth-order valence-corrected chi connectivity index (χ4v) is 8.52. The van der Waals surface area contributed by atoms with E-state index in [2.05, 4.69) is 141 Å². The number of carbonyl (C=O) groups excluding carboxylic acids is 1. The van der Waals surface area contributed by atoms with E-state index < -0.39 is 0 Å². The van der Waals surface area contributed by atoms with Crippen LogP contribution in [0.1, 0.15) is 65.4 Å². The Morgan fingerprint density at radius 2 is 1.24 bits per heavy atom. The smallest absolute Gasteiger partial charge is 0.229 e. The lowest BCUT2D eigenvalue weighted by atomic mass is 10.1. The van der Waals surface area contributed by atoms with Crippen molar-refractivity contribution in [3.63, 3.8) is 0 Å². The molecule has 0 aliphatic carbocycles. The number of carbonyl (C=O) groups is 1. The molecule has 2 aromatic carbocycles. The number of imidazole rings is 1. The van der Waals surface area contributed by atoms with Crippen LogP contribution in [0.4, 0.5) is 11.9 Å². The molecular formula is C48H61Cl2N25OS7. The molecule has 0 fully saturated rings. The Hall–Kier alpha value is -7.50. The van der Waals surface area contributed by atoms with Crippen molar-refractivity contribution in [1.82, 2.24) is 113 Å². The molecular weight excluding hydrogens is 1240 g/mol. The van der Waals surface area contributed by atoms with Gasteiger partial charge < -0.3 is 28.6 Å². The van der Waals surface area contributed by atoms with Gasteiger partial charge in [-0.15, -0.1) is 10.2 Å². The lowest BCUT2D eigenvalue weighted by molar-refractivity contribution is -0.114. The van der Waals surface area contributed by atoms with Crippen LogP contribution in [0.25, 0.3) is 11.3 Å². The minimum absolute atomic E-state index is 0.0318. The average Bonchev–Trinajstić information content (AvgIpc) is 4.41. The summed E-state index contributed by atoms with van der Waals surface area (Å²) in [5, 5.41) is 49.0. The fraction of sp³-hybridized carbons (Fsp3) is 0.292. The van der Waals surface area contributed by atoms with Crippen molar-refractivity contribution in [3.8, 4) is 5.69 Å². The van der Waals surface area contributed by atoms with Crippen molar-refractivity contribution < 1.29 is 4.79 Å². The summed E-state index contributed by atoms with van der Waals surface area (Å²) in [4.78, 5) is 14.4. The minimum atomic E-state index is -0.165. The van der Waals surface area contributed by atoms with E-state index >= 15 is 0 Å². The van der Waals surface area contributed by atoms with E-state index in [1.54, 1.807) is 50.6 Å². The first-order chi connectivity index (χ1) is 39.5. The third kappa shape index (κ3) is 20.4. The molecule has 9 aromatic heterocycles. The molecule has 440 valence electrons. The summed E-state index contributed by atoms with van der Waals surface area (Å²) in [5.41, 5.74) is 8.80. The third-order valence-electron chi connectivity index (χ3n) is 11.0. The van der Waals surface area contributed by atoms with Crippen LogP contribution in [0.2, 0.25) is 10.3 Å². The molecule has 9 heterocycles. The molecule has 1 amide bonds. The molecule has 0 radical (unpaired) electrons. The van der Waals surface area contributed by atoms with Gasteiger partial charge in [-0.25, -0.2) is 15.2 Å². The second-order valence-electron chi connectivity index (χ2n) is 18.4. The van der Waals surface area contributed by atoms with E-state index in [4.69, 9.17) is 114 Å². The van der Waals surface area contributed by atoms with Gasteiger partial charge in [0.25, 0.3) is 0 Å². The van der Waals surface area contributed by atoms with Crippen LogP contribution in [-0.4, -0.2) is 119 Å². The van der Waals surface area contributed by atoms with Crippen molar-refractivity contribution in [2.75, 3.05) is 11.1 Å². The second-order valence-corrected chi connectivity index (χ2v) is 21.8. The Morgan fingerprint density at radius 1 is 0.651 bits per heavy atom. The number of fused-ring (bicyclic) bond motifs is 1. The molecule has 11 aromatic rings. The molecule has 0 spiro atoms. The van der Waals surface area contributed by atoms with Gasteiger partial charge in [-0.3, -0.25) is 49.1 Å². The summed E-state index contributed by atoms with van der Waals surface area (Å²) in [6.07, 6.45) is 10.7. The first-order valence-corrected chi connectivity index (χ1v) is 28.3. The molecule has 0 atom stereocenters. The van der Waals surface area contributed by atoms with Gasteiger partial charge in [-0.1, -0.05) is 77.8 Å². The molecule has 0 saturated carbocycles. The Labute approximate surface area is 521 Å². The zero-order valence-electron chi connectivity index (χ0n) is 46.1. The molecule has 0 unspecified atom stereocenters. The molecule has 0 aliphatic heterocycles. The number of H-pyrrole nitrogens is 7. The van der Waals surface area contributed by atoms with Crippen LogP contribution in [0.15, 0.2) is 110 Å². The van der Waals surface area contributed by atoms with Gasteiger partial charge in [-0.2, -0.15) is 25.5 Å². The monoisotopic (exact) mass is 1300 g/mol. The molecule has 0 aliphatic rings. The van der Waals surface area contributed by atoms with Crippen molar-refractivity contribution in [3.05, 3.63) is 165 Å². The molecule has 83 heavy (non-hydrogen) atoms. The van der Waals surface area contributed by atoms with E-state index in [1.807, 2.05) is 85.9 Å². The lowest BCUT2D eigenvalue weighted by Gasteiger charge is -2.18. The number of halogens is 2. The highest BCUT2D eigenvalue weighted by atomic mass is 35.5. The Morgan fingerprint density at radius 3 is 1.71 bits per heavy atom. The van der Waals surface area contributed by atoms with Gasteiger partial charge in [0.2, 0.25) is 22.6 Å². The normalized spacial score (nSPS) is 10.5. The number of nitrogen functional groups attached to an aromatic ring is 1. The number of nitrogens with one attached hydrogen (secondary N) is 8. The first kappa shape index (κ1) is 66.3. The highest BCUT2D eigenvalue weighted by molar-refractivity contribution is 7.72. The highest BCUT2D eigenvalue weighted by Gasteiger charge is 2.13. The van der Waals surface area contributed by atoms with E-state index in [1.165, 1.54) is 12.5 Å². The number of anilines is 2. The van der Waals surface area contributed by atoms with E-state index in [9.17, 15) is 4.79 Å². The summed E-state index contributed by atoms with van der Waals surface area (Å²) in [6, 6.07) is 26.2. The van der Waals surface area contributed by atoms with E-state index in [0.29, 0.717) is 63.0 Å².